The van der Waals surface area contributed by atoms with Crippen LogP contribution in [-0.4, -0.2) is 40.0 Å². The van der Waals surface area contributed by atoms with Crippen molar-refractivity contribution in [2.24, 2.45) is 0 Å². The first-order valence-electron chi connectivity index (χ1n) is 11.0. The Morgan fingerprint density at radius 1 is 1.00 bits per heavy atom. The average molecular weight is 497 g/mol. The Kier molecular flexibility index (Phi) is 7.35. The fourth-order valence-electron chi connectivity index (χ4n) is 3.57. The lowest BCUT2D eigenvalue weighted by Gasteiger charge is -2.15. The molecule has 0 aliphatic rings. The molecule has 0 aliphatic carbocycles. The molecular weight excluding hydrogens is 475 g/mol. The van der Waals surface area contributed by atoms with Crippen LogP contribution in [0.4, 0.5) is 13.2 Å². The molecule has 0 fully saturated rings. The Labute approximate surface area is 203 Å². The average Bonchev–Trinajstić information content (AvgIpc) is 2.88. The largest absolute Gasteiger partial charge is 0.491 e. The van der Waals surface area contributed by atoms with Gasteiger partial charge < -0.3 is 15.2 Å². The second kappa shape index (κ2) is 10.6. The van der Waals surface area contributed by atoms with Crippen LogP contribution >= 0.6 is 0 Å². The molecule has 1 heterocycles. The summed E-state index contributed by atoms with van der Waals surface area (Å²) >= 11 is 0. The van der Waals surface area contributed by atoms with Crippen molar-refractivity contribution < 1.29 is 27.8 Å². The molecule has 0 aliphatic heterocycles. The van der Waals surface area contributed by atoms with Gasteiger partial charge in [-0.05, 0) is 29.8 Å². The standard InChI is InChI=1S/C26H22F3N3O4/c27-26(28,29)18-9-6-10-20(13-18)36-16-19(33)14-30-24(34)23-21-11-4-5-12-22(21)25(35)32(31-23)15-17-7-2-1-3-8-17/h1-13,19,33H,14-16H2,(H,30,34). The molecule has 7 nitrogen and oxygen atoms in total. The molecule has 4 aromatic rings. The Balaban J connectivity index is 1.46. The van der Waals surface area contributed by atoms with Gasteiger partial charge in [-0.2, -0.15) is 18.3 Å². The topological polar surface area (TPSA) is 93.4 Å². The molecule has 0 radical (unpaired) electrons. The van der Waals surface area contributed by atoms with E-state index in [4.69, 9.17) is 4.74 Å². The van der Waals surface area contributed by atoms with Crippen molar-refractivity contribution in [3.8, 4) is 5.75 Å². The number of fused-ring (bicyclic) bond motifs is 1. The van der Waals surface area contributed by atoms with Crippen molar-refractivity contribution in [3.05, 3.63) is 106 Å². The summed E-state index contributed by atoms with van der Waals surface area (Å²) in [5.74, 6) is -0.679. The normalized spacial score (nSPS) is 12.3. The summed E-state index contributed by atoms with van der Waals surface area (Å²) in [7, 11) is 0. The molecule has 1 atom stereocenters. The smallest absolute Gasteiger partial charge is 0.416 e. The van der Waals surface area contributed by atoms with Crippen LogP contribution in [0, 0.1) is 0 Å². The summed E-state index contributed by atoms with van der Waals surface area (Å²) in [5, 5.41) is 17.7. The third kappa shape index (κ3) is 5.89. The minimum absolute atomic E-state index is 0.00660. The second-order valence-electron chi connectivity index (χ2n) is 8.04. The molecule has 4 rings (SSSR count). The van der Waals surface area contributed by atoms with E-state index in [9.17, 15) is 27.9 Å². The van der Waals surface area contributed by atoms with Crippen molar-refractivity contribution in [3.63, 3.8) is 0 Å². The van der Waals surface area contributed by atoms with Gasteiger partial charge in [0.1, 0.15) is 18.5 Å². The first kappa shape index (κ1) is 24.9. The van der Waals surface area contributed by atoms with Crippen molar-refractivity contribution in [2.75, 3.05) is 13.2 Å². The first-order valence-corrected chi connectivity index (χ1v) is 11.0. The van der Waals surface area contributed by atoms with Gasteiger partial charge in [0, 0.05) is 11.9 Å². The lowest BCUT2D eigenvalue weighted by molar-refractivity contribution is -0.137. The van der Waals surface area contributed by atoms with Gasteiger partial charge in [-0.15, -0.1) is 0 Å². The van der Waals surface area contributed by atoms with Crippen LogP contribution in [-0.2, 0) is 12.7 Å². The zero-order valence-corrected chi connectivity index (χ0v) is 18.9. The summed E-state index contributed by atoms with van der Waals surface area (Å²) in [5.41, 5.74) is -0.380. The molecule has 0 bridgehead atoms. The summed E-state index contributed by atoms with van der Waals surface area (Å²) in [6.45, 7) is -0.423. The summed E-state index contributed by atoms with van der Waals surface area (Å²) < 4.78 is 45.0. The second-order valence-corrected chi connectivity index (χ2v) is 8.04. The molecule has 0 spiro atoms. The molecule has 0 saturated carbocycles. The number of carbonyl (C=O) groups is 1. The highest BCUT2D eigenvalue weighted by Crippen LogP contribution is 2.31. The lowest BCUT2D eigenvalue weighted by Crippen LogP contribution is -2.37. The molecule has 10 heteroatoms. The van der Waals surface area contributed by atoms with Crippen molar-refractivity contribution in [1.29, 1.82) is 0 Å². The van der Waals surface area contributed by atoms with Gasteiger partial charge in [-0.1, -0.05) is 54.6 Å². The number of aliphatic hydroxyl groups excluding tert-OH is 1. The number of amides is 1. The SMILES string of the molecule is O=C(NCC(O)COc1cccc(C(F)(F)F)c1)c1nn(Cc2ccccc2)c(=O)c2ccccc12. The zero-order valence-electron chi connectivity index (χ0n) is 18.9. The molecule has 36 heavy (non-hydrogen) atoms. The number of nitrogens with one attached hydrogen (secondary N) is 1. The number of rotatable bonds is 8. The van der Waals surface area contributed by atoms with Crippen molar-refractivity contribution in [2.45, 2.75) is 18.8 Å². The number of benzene rings is 3. The van der Waals surface area contributed by atoms with E-state index >= 15 is 0 Å². The van der Waals surface area contributed by atoms with Gasteiger partial charge in [0.25, 0.3) is 11.5 Å². The maximum atomic E-state index is 12.9. The quantitative estimate of drug-likeness (QED) is 0.388. The van der Waals surface area contributed by atoms with Crippen molar-refractivity contribution in [1.82, 2.24) is 15.1 Å². The number of alkyl halides is 3. The van der Waals surface area contributed by atoms with E-state index in [1.165, 1.54) is 16.8 Å². The molecule has 1 unspecified atom stereocenters. The predicted octanol–water partition coefficient (Wildman–Crippen LogP) is 3.63. The maximum absolute atomic E-state index is 12.9. The van der Waals surface area contributed by atoms with E-state index in [2.05, 4.69) is 10.4 Å². The molecular formula is C26H22F3N3O4. The minimum Gasteiger partial charge on any atom is -0.491 e. The van der Waals surface area contributed by atoms with E-state index in [0.29, 0.717) is 10.8 Å². The number of nitrogens with zero attached hydrogens (tertiary/aromatic N) is 2. The van der Waals surface area contributed by atoms with Crippen LogP contribution in [0.2, 0.25) is 0 Å². The molecule has 0 saturated heterocycles. The van der Waals surface area contributed by atoms with E-state index < -0.39 is 23.8 Å². The van der Waals surface area contributed by atoms with E-state index in [1.54, 1.807) is 24.3 Å². The van der Waals surface area contributed by atoms with Crippen LogP contribution in [0.25, 0.3) is 10.8 Å². The van der Waals surface area contributed by atoms with Crippen LogP contribution < -0.4 is 15.6 Å². The highest BCUT2D eigenvalue weighted by Gasteiger charge is 2.30. The number of carbonyl (C=O) groups excluding carboxylic acids is 1. The number of hydrogen-bond acceptors (Lipinski definition) is 5. The Morgan fingerprint density at radius 2 is 1.69 bits per heavy atom. The summed E-state index contributed by atoms with van der Waals surface area (Å²) in [6.07, 6.45) is -5.72. The van der Waals surface area contributed by atoms with E-state index in [-0.39, 0.29) is 36.7 Å². The number of aliphatic hydroxyl groups is 1. The summed E-state index contributed by atoms with van der Waals surface area (Å²) in [4.78, 5) is 25.9. The third-order valence-corrected chi connectivity index (χ3v) is 5.36. The summed E-state index contributed by atoms with van der Waals surface area (Å²) in [6, 6.07) is 20.1. The monoisotopic (exact) mass is 497 g/mol. The van der Waals surface area contributed by atoms with Gasteiger partial charge in [-0.25, -0.2) is 4.68 Å². The minimum atomic E-state index is -4.52. The number of hydrogen-bond donors (Lipinski definition) is 2. The first-order chi connectivity index (χ1) is 17.2. The highest BCUT2D eigenvalue weighted by molar-refractivity contribution is 6.04. The molecule has 1 aromatic heterocycles. The van der Waals surface area contributed by atoms with Crippen molar-refractivity contribution >= 4 is 16.7 Å². The fourth-order valence-corrected chi connectivity index (χ4v) is 3.57. The van der Waals surface area contributed by atoms with Gasteiger partial charge in [0.15, 0.2) is 5.69 Å². The molecule has 3 aromatic carbocycles. The molecule has 1 amide bonds. The van der Waals surface area contributed by atoms with Crippen LogP contribution in [0.3, 0.4) is 0 Å². The number of ether oxygens (including phenoxy) is 1. The Morgan fingerprint density at radius 3 is 2.42 bits per heavy atom. The van der Waals surface area contributed by atoms with Crippen LogP contribution in [0.5, 0.6) is 5.75 Å². The fraction of sp³-hybridized carbons (Fsp3) is 0.192. The lowest BCUT2D eigenvalue weighted by atomic mass is 10.1. The van der Waals surface area contributed by atoms with Crippen LogP contribution in [0.15, 0.2) is 83.7 Å². The molecule has 186 valence electrons. The van der Waals surface area contributed by atoms with E-state index in [0.717, 1.165) is 17.7 Å². The maximum Gasteiger partial charge on any atom is 0.416 e. The van der Waals surface area contributed by atoms with E-state index in [1.807, 2.05) is 30.3 Å². The predicted molar refractivity (Wildman–Crippen MR) is 127 cm³/mol. The number of halogens is 3. The van der Waals surface area contributed by atoms with Gasteiger partial charge in [-0.3, -0.25) is 9.59 Å². The third-order valence-electron chi connectivity index (χ3n) is 5.36. The van der Waals surface area contributed by atoms with Gasteiger partial charge in [0.2, 0.25) is 0 Å². The highest BCUT2D eigenvalue weighted by atomic mass is 19.4. The van der Waals surface area contributed by atoms with Crippen LogP contribution in [0.1, 0.15) is 21.6 Å². The number of aromatic nitrogens is 2. The zero-order chi connectivity index (χ0) is 25.7. The Bertz CT molecular complexity index is 1420. The van der Waals surface area contributed by atoms with Gasteiger partial charge >= 0.3 is 6.18 Å². The Hall–Kier alpha value is -4.18. The molecule has 2 N–H and O–H groups in total. The van der Waals surface area contributed by atoms with Gasteiger partial charge in [0.05, 0.1) is 17.5 Å².